The molecular weight excluding hydrogens is 258 g/mol. The van der Waals surface area contributed by atoms with Crippen LogP contribution in [0.5, 0.6) is 0 Å². The summed E-state index contributed by atoms with van der Waals surface area (Å²) in [5, 5.41) is 2.38. The van der Waals surface area contributed by atoms with Crippen LogP contribution in [0.3, 0.4) is 0 Å². The summed E-state index contributed by atoms with van der Waals surface area (Å²) in [6.07, 6.45) is 4.95. The van der Waals surface area contributed by atoms with E-state index >= 15 is 0 Å². The van der Waals surface area contributed by atoms with Gasteiger partial charge in [-0.05, 0) is 11.8 Å². The van der Waals surface area contributed by atoms with Crippen LogP contribution in [0.4, 0.5) is 4.79 Å². The third-order valence-corrected chi connectivity index (χ3v) is 2.52. The molecule has 0 aromatic heterocycles. The molecule has 0 atom stereocenters. The van der Waals surface area contributed by atoms with Crippen LogP contribution in [0.25, 0.3) is 0 Å². The standard InChI is InChI=1S/C15H29NO4/c1-5-6-7-8-9-10-19-13(17)11-16-14(18)20-12-15(2,3)4/h5-12H2,1-4H3,(H,16,18). The van der Waals surface area contributed by atoms with Crippen LogP contribution in [0.1, 0.15) is 59.8 Å². The summed E-state index contributed by atoms with van der Waals surface area (Å²) in [5.74, 6) is -0.423. The van der Waals surface area contributed by atoms with Crippen molar-refractivity contribution in [3.05, 3.63) is 0 Å². The van der Waals surface area contributed by atoms with Crippen molar-refractivity contribution >= 4 is 12.1 Å². The van der Waals surface area contributed by atoms with Gasteiger partial charge >= 0.3 is 12.1 Å². The molecule has 118 valence electrons. The fraction of sp³-hybridized carbons (Fsp3) is 0.867. The van der Waals surface area contributed by atoms with Crippen LogP contribution >= 0.6 is 0 Å². The lowest BCUT2D eigenvalue weighted by molar-refractivity contribution is -0.142. The normalized spacial score (nSPS) is 11.0. The van der Waals surface area contributed by atoms with E-state index in [1.807, 2.05) is 20.8 Å². The minimum absolute atomic E-state index is 0.0870. The molecule has 5 nitrogen and oxygen atoms in total. The van der Waals surface area contributed by atoms with Gasteiger partial charge in [0.2, 0.25) is 0 Å². The number of hydrogen-bond donors (Lipinski definition) is 1. The van der Waals surface area contributed by atoms with Gasteiger partial charge in [-0.25, -0.2) is 4.79 Å². The molecule has 1 N–H and O–H groups in total. The average molecular weight is 287 g/mol. The molecule has 20 heavy (non-hydrogen) atoms. The number of alkyl carbamates (subject to hydrolysis) is 1. The smallest absolute Gasteiger partial charge is 0.407 e. The first kappa shape index (κ1) is 18.7. The number of carbonyl (C=O) groups excluding carboxylic acids is 2. The highest BCUT2D eigenvalue weighted by atomic mass is 16.6. The molecule has 0 heterocycles. The molecule has 0 spiro atoms. The van der Waals surface area contributed by atoms with Crippen molar-refractivity contribution in [3.8, 4) is 0 Å². The van der Waals surface area contributed by atoms with E-state index in [0.717, 1.165) is 12.8 Å². The maximum absolute atomic E-state index is 11.3. The Morgan fingerprint density at radius 3 is 2.25 bits per heavy atom. The van der Waals surface area contributed by atoms with Crippen molar-refractivity contribution in [2.45, 2.75) is 59.8 Å². The van der Waals surface area contributed by atoms with Crippen molar-refractivity contribution in [1.29, 1.82) is 0 Å². The van der Waals surface area contributed by atoms with Crippen molar-refractivity contribution in [1.82, 2.24) is 5.32 Å². The van der Waals surface area contributed by atoms with E-state index in [1.54, 1.807) is 0 Å². The Balaban J connectivity index is 3.50. The lowest BCUT2D eigenvalue weighted by Crippen LogP contribution is -2.33. The van der Waals surface area contributed by atoms with Crippen LogP contribution < -0.4 is 5.32 Å². The highest BCUT2D eigenvalue weighted by Gasteiger charge is 2.14. The number of carbonyl (C=O) groups is 2. The summed E-state index contributed by atoms with van der Waals surface area (Å²) in [5.41, 5.74) is -0.0870. The molecule has 5 heteroatoms. The van der Waals surface area contributed by atoms with Gasteiger partial charge in [0.1, 0.15) is 6.54 Å². The van der Waals surface area contributed by atoms with E-state index in [9.17, 15) is 9.59 Å². The van der Waals surface area contributed by atoms with Gasteiger partial charge in [-0.3, -0.25) is 4.79 Å². The Morgan fingerprint density at radius 2 is 1.65 bits per heavy atom. The minimum atomic E-state index is -0.583. The molecule has 0 unspecified atom stereocenters. The Hall–Kier alpha value is -1.26. The lowest BCUT2D eigenvalue weighted by Gasteiger charge is -2.17. The number of amides is 1. The lowest BCUT2D eigenvalue weighted by atomic mass is 9.99. The number of nitrogens with one attached hydrogen (secondary N) is 1. The number of hydrogen-bond acceptors (Lipinski definition) is 4. The number of rotatable bonds is 9. The van der Waals surface area contributed by atoms with Gasteiger partial charge in [-0.1, -0.05) is 53.4 Å². The van der Waals surface area contributed by atoms with Crippen molar-refractivity contribution in [2.75, 3.05) is 19.8 Å². The highest BCUT2D eigenvalue weighted by molar-refractivity contribution is 5.77. The first-order valence-corrected chi connectivity index (χ1v) is 7.41. The molecule has 0 aromatic carbocycles. The zero-order valence-electron chi connectivity index (χ0n) is 13.3. The fourth-order valence-electron chi connectivity index (χ4n) is 1.42. The summed E-state index contributed by atoms with van der Waals surface area (Å²) >= 11 is 0. The molecule has 0 aliphatic carbocycles. The number of unbranched alkanes of at least 4 members (excludes halogenated alkanes) is 4. The van der Waals surface area contributed by atoms with Crippen LogP contribution in [-0.2, 0) is 14.3 Å². The van der Waals surface area contributed by atoms with E-state index in [0.29, 0.717) is 13.2 Å². The quantitative estimate of drug-likeness (QED) is 0.522. The van der Waals surface area contributed by atoms with E-state index in [4.69, 9.17) is 9.47 Å². The Labute approximate surface area is 122 Å². The van der Waals surface area contributed by atoms with Gasteiger partial charge in [0.05, 0.1) is 13.2 Å². The molecule has 0 fully saturated rings. The predicted octanol–water partition coefficient (Wildman–Crippen LogP) is 3.27. The maximum atomic E-state index is 11.3. The maximum Gasteiger partial charge on any atom is 0.407 e. The molecule has 0 aliphatic rings. The summed E-state index contributed by atoms with van der Waals surface area (Å²) in [6, 6.07) is 0. The Bertz CT molecular complexity index is 284. The fourth-order valence-corrected chi connectivity index (χ4v) is 1.42. The number of esters is 1. The third kappa shape index (κ3) is 13.2. The van der Waals surface area contributed by atoms with E-state index < -0.39 is 12.1 Å². The zero-order valence-corrected chi connectivity index (χ0v) is 13.3. The minimum Gasteiger partial charge on any atom is -0.464 e. The van der Waals surface area contributed by atoms with Gasteiger partial charge < -0.3 is 14.8 Å². The SMILES string of the molecule is CCCCCCCOC(=O)CNC(=O)OCC(C)(C)C. The van der Waals surface area contributed by atoms with Gasteiger partial charge in [0.15, 0.2) is 0 Å². The van der Waals surface area contributed by atoms with Gasteiger partial charge in [-0.15, -0.1) is 0 Å². The third-order valence-electron chi connectivity index (χ3n) is 2.52. The first-order valence-electron chi connectivity index (χ1n) is 7.41. The topological polar surface area (TPSA) is 64.6 Å². The monoisotopic (exact) mass is 287 g/mol. The Kier molecular flexibility index (Phi) is 9.86. The van der Waals surface area contributed by atoms with Crippen LogP contribution in [0.15, 0.2) is 0 Å². The first-order chi connectivity index (χ1) is 9.35. The highest BCUT2D eigenvalue weighted by Crippen LogP contribution is 2.12. The molecule has 0 aromatic rings. The molecule has 0 aliphatic heterocycles. The van der Waals surface area contributed by atoms with Crippen LogP contribution in [0, 0.1) is 5.41 Å². The summed E-state index contributed by atoms with van der Waals surface area (Å²) < 4.78 is 9.98. The van der Waals surface area contributed by atoms with Gasteiger partial charge in [0.25, 0.3) is 0 Å². The molecule has 0 rings (SSSR count). The summed E-state index contributed by atoms with van der Waals surface area (Å²) in [7, 11) is 0. The van der Waals surface area contributed by atoms with Crippen molar-refractivity contribution in [3.63, 3.8) is 0 Å². The van der Waals surface area contributed by atoms with Crippen LogP contribution in [0.2, 0.25) is 0 Å². The molecule has 0 saturated heterocycles. The predicted molar refractivity (Wildman–Crippen MR) is 78.5 cm³/mol. The second-order valence-corrected chi connectivity index (χ2v) is 6.13. The Morgan fingerprint density at radius 1 is 1.00 bits per heavy atom. The number of ether oxygens (including phenoxy) is 2. The second kappa shape index (κ2) is 10.5. The summed E-state index contributed by atoms with van der Waals surface area (Å²) in [4.78, 5) is 22.6. The van der Waals surface area contributed by atoms with E-state index in [2.05, 4.69) is 12.2 Å². The van der Waals surface area contributed by atoms with E-state index in [1.165, 1.54) is 19.3 Å². The largest absolute Gasteiger partial charge is 0.464 e. The molecule has 0 radical (unpaired) electrons. The van der Waals surface area contributed by atoms with E-state index in [-0.39, 0.29) is 12.0 Å². The second-order valence-electron chi connectivity index (χ2n) is 6.13. The van der Waals surface area contributed by atoms with Gasteiger partial charge in [0, 0.05) is 0 Å². The van der Waals surface area contributed by atoms with Crippen molar-refractivity contribution < 1.29 is 19.1 Å². The molecular formula is C15H29NO4. The average Bonchev–Trinajstić information content (AvgIpc) is 2.37. The van der Waals surface area contributed by atoms with Crippen molar-refractivity contribution in [2.24, 2.45) is 5.41 Å². The van der Waals surface area contributed by atoms with Gasteiger partial charge in [-0.2, -0.15) is 0 Å². The zero-order chi connectivity index (χ0) is 15.4. The summed E-state index contributed by atoms with van der Waals surface area (Å²) in [6.45, 7) is 8.64. The van der Waals surface area contributed by atoms with Crippen LogP contribution in [-0.4, -0.2) is 31.8 Å². The molecule has 0 saturated carbocycles. The molecule has 0 bridgehead atoms. The molecule has 1 amide bonds.